The first-order valence-corrected chi connectivity index (χ1v) is 12.1. The molecule has 0 aromatic heterocycles. The lowest BCUT2D eigenvalue weighted by molar-refractivity contribution is -0.138. The monoisotopic (exact) mass is 470 g/mol. The predicted octanol–water partition coefficient (Wildman–Crippen LogP) is 3.51. The van der Waals surface area contributed by atoms with Crippen molar-refractivity contribution in [2.45, 2.75) is 63.6 Å². The highest BCUT2D eigenvalue weighted by atomic mass is 19.1. The van der Waals surface area contributed by atoms with Gasteiger partial charge in [0.2, 0.25) is 5.91 Å². The van der Waals surface area contributed by atoms with Crippen LogP contribution in [0.15, 0.2) is 18.2 Å². The Labute approximate surface area is 200 Å². The summed E-state index contributed by atoms with van der Waals surface area (Å²) in [6.45, 7) is 4.61. The summed E-state index contributed by atoms with van der Waals surface area (Å²) in [6.07, 6.45) is 2.67. The molecule has 1 saturated heterocycles. The van der Waals surface area contributed by atoms with E-state index in [1.54, 1.807) is 19.2 Å². The topological polar surface area (TPSA) is 112 Å². The zero-order valence-electron chi connectivity index (χ0n) is 20.3. The van der Waals surface area contributed by atoms with Crippen molar-refractivity contribution in [1.29, 1.82) is 10.7 Å². The third-order valence-corrected chi connectivity index (χ3v) is 8.23. The largest absolute Gasteiger partial charge is 0.381 e. The molecule has 3 N–H and O–H groups in total. The molecule has 1 spiro atoms. The minimum Gasteiger partial charge on any atom is -0.381 e. The van der Waals surface area contributed by atoms with Crippen molar-refractivity contribution in [3.8, 4) is 6.07 Å². The number of rotatable bonds is 4. The lowest BCUT2D eigenvalue weighted by Crippen LogP contribution is -2.54. The van der Waals surface area contributed by atoms with E-state index in [2.05, 4.69) is 19.9 Å². The number of amides is 1. The fourth-order valence-electron chi connectivity index (χ4n) is 6.92. The number of nitriles is 1. The summed E-state index contributed by atoms with van der Waals surface area (Å²) in [5.41, 5.74) is 6.19. The summed E-state index contributed by atoms with van der Waals surface area (Å²) in [5.74, 6) is -0.934. The number of hydrogen-bond donors (Lipinski definition) is 2. The molecular weight excluding hydrogens is 435 g/mol. The molecular formula is C26H35FN4O3. The van der Waals surface area contributed by atoms with Crippen LogP contribution in [0.4, 0.5) is 4.39 Å². The Bertz CT molecular complexity index is 988. The normalized spacial score (nSPS) is 32.1. The van der Waals surface area contributed by atoms with E-state index in [1.807, 2.05) is 6.07 Å². The molecule has 34 heavy (non-hydrogen) atoms. The highest BCUT2D eigenvalue weighted by Crippen LogP contribution is 2.58. The second-order valence-corrected chi connectivity index (χ2v) is 10.6. The first-order chi connectivity index (χ1) is 16.1. The lowest BCUT2D eigenvalue weighted by Gasteiger charge is -2.48. The molecule has 2 aliphatic carbocycles. The molecule has 1 saturated carbocycles. The standard InChI is InChI=1S/C26H35FN4O3/c1-16-11-25(12-17(2)22(16)33-3)13-19-5-4-18(14-28)10-20(19)21(25)23(32)31(24(29)30)15-26(27)6-8-34-9-7-26/h4-5,10,16-17,21-22H,6-9,11-13,15H2,1-3H3,(H3,29,30)/t16-,17+,21-,22?,25?/m0/s1. The first-order valence-electron chi connectivity index (χ1n) is 12.1. The molecule has 1 aliphatic heterocycles. The van der Waals surface area contributed by atoms with Crippen LogP contribution < -0.4 is 5.73 Å². The summed E-state index contributed by atoms with van der Waals surface area (Å²) in [5, 5.41) is 17.7. The average molecular weight is 471 g/mol. The number of carbonyl (C=O) groups excluding carboxylic acids is 1. The van der Waals surface area contributed by atoms with Gasteiger partial charge >= 0.3 is 0 Å². The third-order valence-electron chi connectivity index (χ3n) is 8.23. The van der Waals surface area contributed by atoms with Crippen LogP contribution in [0.2, 0.25) is 0 Å². The van der Waals surface area contributed by atoms with Gasteiger partial charge in [-0.3, -0.25) is 15.1 Å². The highest BCUT2D eigenvalue weighted by Gasteiger charge is 2.56. The van der Waals surface area contributed by atoms with E-state index in [0.717, 1.165) is 28.9 Å². The molecule has 184 valence electrons. The van der Waals surface area contributed by atoms with Crippen molar-refractivity contribution in [2.75, 3.05) is 26.9 Å². The summed E-state index contributed by atoms with van der Waals surface area (Å²) in [4.78, 5) is 15.3. The SMILES string of the molecule is COC1[C@H](C)CC2(Cc3ccc(C#N)cc3[C@H]2C(=O)N(CC2(F)CCOCC2)C(=N)N)C[C@@H]1C. The van der Waals surface area contributed by atoms with Gasteiger partial charge in [-0.1, -0.05) is 19.9 Å². The molecule has 0 radical (unpaired) electrons. The van der Waals surface area contributed by atoms with Crippen LogP contribution in [0.3, 0.4) is 0 Å². The third kappa shape index (κ3) is 4.32. The Morgan fingerprint density at radius 2 is 1.97 bits per heavy atom. The molecule has 4 rings (SSSR count). The Hall–Kier alpha value is -2.50. The van der Waals surface area contributed by atoms with Gasteiger partial charge in [-0.2, -0.15) is 5.26 Å². The van der Waals surface area contributed by atoms with Gasteiger partial charge in [0.05, 0.1) is 30.2 Å². The van der Waals surface area contributed by atoms with Gasteiger partial charge in [-0.15, -0.1) is 0 Å². The first kappa shape index (κ1) is 24.6. The van der Waals surface area contributed by atoms with E-state index >= 15 is 4.39 Å². The zero-order chi connectivity index (χ0) is 24.7. The lowest BCUT2D eigenvalue weighted by atomic mass is 9.59. The Morgan fingerprint density at radius 1 is 1.32 bits per heavy atom. The molecule has 8 heteroatoms. The van der Waals surface area contributed by atoms with Gasteiger partial charge in [-0.05, 0) is 59.8 Å². The Kier molecular flexibility index (Phi) is 6.71. The maximum Gasteiger partial charge on any atom is 0.237 e. The van der Waals surface area contributed by atoms with Crippen molar-refractivity contribution < 1.29 is 18.7 Å². The van der Waals surface area contributed by atoms with Crippen molar-refractivity contribution in [1.82, 2.24) is 4.90 Å². The van der Waals surface area contributed by atoms with E-state index < -0.39 is 23.0 Å². The number of halogens is 1. The quantitative estimate of drug-likeness (QED) is 0.517. The van der Waals surface area contributed by atoms with Gasteiger partial charge in [0.15, 0.2) is 5.96 Å². The average Bonchev–Trinajstić information content (AvgIpc) is 3.08. The second-order valence-electron chi connectivity index (χ2n) is 10.6. The van der Waals surface area contributed by atoms with E-state index in [0.29, 0.717) is 12.0 Å². The van der Waals surface area contributed by atoms with Gasteiger partial charge in [0.1, 0.15) is 5.67 Å². The van der Waals surface area contributed by atoms with Crippen molar-refractivity contribution in [3.63, 3.8) is 0 Å². The molecule has 2 unspecified atom stereocenters. The van der Waals surface area contributed by atoms with E-state index in [9.17, 15) is 10.1 Å². The molecule has 5 atom stereocenters. The highest BCUT2D eigenvalue weighted by molar-refractivity contribution is 5.99. The number of nitrogens with two attached hydrogens (primary N) is 1. The summed E-state index contributed by atoms with van der Waals surface area (Å²) >= 11 is 0. The number of carbonyl (C=O) groups is 1. The summed E-state index contributed by atoms with van der Waals surface area (Å²) in [6, 6.07) is 7.70. The van der Waals surface area contributed by atoms with Crippen LogP contribution in [0, 0.1) is 34.0 Å². The molecule has 0 bridgehead atoms. The number of hydrogen-bond acceptors (Lipinski definition) is 5. The number of fused-ring (bicyclic) bond motifs is 1. The van der Waals surface area contributed by atoms with Crippen molar-refractivity contribution in [2.24, 2.45) is 23.0 Å². The fourth-order valence-corrected chi connectivity index (χ4v) is 6.92. The Morgan fingerprint density at radius 3 is 2.53 bits per heavy atom. The predicted molar refractivity (Wildman–Crippen MR) is 126 cm³/mol. The zero-order valence-corrected chi connectivity index (χ0v) is 20.3. The van der Waals surface area contributed by atoms with Crippen molar-refractivity contribution >= 4 is 11.9 Å². The Balaban J connectivity index is 1.75. The number of nitrogens with one attached hydrogen (secondary N) is 1. The smallest absolute Gasteiger partial charge is 0.237 e. The molecule has 1 aromatic carbocycles. The molecule has 7 nitrogen and oxygen atoms in total. The number of methoxy groups -OCH3 is 1. The molecule has 1 aromatic rings. The molecule has 3 aliphatic rings. The van der Waals surface area contributed by atoms with Crippen LogP contribution in [0.25, 0.3) is 0 Å². The minimum atomic E-state index is -1.64. The molecule has 1 heterocycles. The van der Waals surface area contributed by atoms with Gasteiger partial charge < -0.3 is 15.2 Å². The van der Waals surface area contributed by atoms with E-state index in [-0.39, 0.29) is 56.4 Å². The van der Waals surface area contributed by atoms with E-state index in [4.69, 9.17) is 20.6 Å². The van der Waals surface area contributed by atoms with Crippen LogP contribution >= 0.6 is 0 Å². The van der Waals surface area contributed by atoms with Gasteiger partial charge in [-0.25, -0.2) is 4.39 Å². The second kappa shape index (κ2) is 9.27. The number of nitrogens with zero attached hydrogens (tertiary/aromatic N) is 2. The number of guanidine groups is 1. The van der Waals surface area contributed by atoms with Crippen LogP contribution in [0.5, 0.6) is 0 Å². The van der Waals surface area contributed by atoms with Crippen LogP contribution in [-0.4, -0.2) is 55.4 Å². The summed E-state index contributed by atoms with van der Waals surface area (Å²) in [7, 11) is 1.73. The minimum absolute atomic E-state index is 0.0972. The van der Waals surface area contributed by atoms with Crippen LogP contribution in [-0.2, 0) is 20.7 Å². The number of alkyl halides is 1. The summed E-state index contributed by atoms with van der Waals surface area (Å²) < 4.78 is 26.7. The number of benzene rings is 1. The van der Waals surface area contributed by atoms with E-state index in [1.165, 1.54) is 0 Å². The van der Waals surface area contributed by atoms with Crippen molar-refractivity contribution in [3.05, 3.63) is 34.9 Å². The van der Waals surface area contributed by atoms with Crippen LogP contribution in [0.1, 0.15) is 62.1 Å². The molecule has 1 amide bonds. The maximum absolute atomic E-state index is 15.6. The fraction of sp³-hybridized carbons (Fsp3) is 0.654. The maximum atomic E-state index is 15.6. The number of ether oxygens (including phenoxy) is 2. The van der Waals surface area contributed by atoms with Gasteiger partial charge in [0, 0.05) is 33.2 Å². The van der Waals surface area contributed by atoms with Gasteiger partial charge in [0.25, 0.3) is 0 Å². The molecule has 2 fully saturated rings.